The van der Waals surface area contributed by atoms with Crippen LogP contribution in [0, 0.1) is 0 Å². The summed E-state index contributed by atoms with van der Waals surface area (Å²) in [4.78, 5) is 12.9. The van der Waals surface area contributed by atoms with Crippen molar-refractivity contribution in [2.45, 2.75) is 25.4 Å². The summed E-state index contributed by atoms with van der Waals surface area (Å²) in [6.07, 6.45) is 2.15. The maximum atomic E-state index is 11.9. The molecule has 1 heterocycles. The number of carbonyl (C=O) groups is 1. The summed E-state index contributed by atoms with van der Waals surface area (Å²) in [5, 5.41) is 2.93. The third kappa shape index (κ3) is 5.44. The summed E-state index contributed by atoms with van der Waals surface area (Å²) in [6.45, 7) is 0.470. The minimum Gasteiger partial charge on any atom is -0.374 e. The fourth-order valence-corrected chi connectivity index (χ4v) is 3.33. The van der Waals surface area contributed by atoms with Crippen molar-refractivity contribution in [3.8, 4) is 0 Å². The first-order chi connectivity index (χ1) is 10.7. The number of rotatable bonds is 8. The summed E-state index contributed by atoms with van der Waals surface area (Å²) in [5.74, 6) is 0.0561. The van der Waals surface area contributed by atoms with Crippen molar-refractivity contribution < 1.29 is 9.53 Å². The van der Waals surface area contributed by atoms with Gasteiger partial charge in [0.25, 0.3) is 0 Å². The van der Waals surface area contributed by atoms with Crippen LogP contribution in [0.4, 0.5) is 0 Å². The molecule has 2 rings (SSSR count). The van der Waals surface area contributed by atoms with Crippen LogP contribution in [0.25, 0.3) is 0 Å². The fraction of sp³-hybridized carbons (Fsp3) is 0.353. The Morgan fingerprint density at radius 2 is 2.05 bits per heavy atom. The van der Waals surface area contributed by atoms with Crippen molar-refractivity contribution in [1.82, 2.24) is 5.32 Å². The molecule has 5 heteroatoms. The van der Waals surface area contributed by atoms with Gasteiger partial charge in [0.05, 0.1) is 4.34 Å². The lowest BCUT2D eigenvalue weighted by molar-refractivity contribution is -0.121. The SMILES string of the molecule is COC(CNC(=O)CCCc1ccccc1)c1ccc(Cl)s1. The van der Waals surface area contributed by atoms with Crippen LogP contribution in [-0.4, -0.2) is 19.6 Å². The smallest absolute Gasteiger partial charge is 0.220 e. The molecule has 0 aliphatic heterocycles. The van der Waals surface area contributed by atoms with E-state index >= 15 is 0 Å². The van der Waals surface area contributed by atoms with Gasteiger partial charge in [0.1, 0.15) is 6.10 Å². The number of nitrogens with one attached hydrogen (secondary N) is 1. The number of ether oxygens (including phenoxy) is 1. The van der Waals surface area contributed by atoms with E-state index in [1.165, 1.54) is 16.9 Å². The lowest BCUT2D eigenvalue weighted by Crippen LogP contribution is -2.28. The molecule has 0 saturated heterocycles. The first-order valence-electron chi connectivity index (χ1n) is 7.27. The van der Waals surface area contributed by atoms with Crippen molar-refractivity contribution in [3.63, 3.8) is 0 Å². The molecule has 1 amide bonds. The predicted octanol–water partition coefficient (Wildman–Crippen LogP) is 4.23. The summed E-state index contributed by atoms with van der Waals surface area (Å²) >= 11 is 7.40. The Hall–Kier alpha value is -1.36. The zero-order valence-electron chi connectivity index (χ0n) is 12.5. The highest BCUT2D eigenvalue weighted by molar-refractivity contribution is 7.16. The van der Waals surface area contributed by atoms with E-state index in [1.54, 1.807) is 7.11 Å². The molecule has 0 aliphatic rings. The number of hydrogen-bond acceptors (Lipinski definition) is 3. The van der Waals surface area contributed by atoms with E-state index in [0.29, 0.717) is 13.0 Å². The molecular formula is C17H20ClNO2S. The molecule has 0 aliphatic carbocycles. The summed E-state index contributed by atoms with van der Waals surface area (Å²) in [5.41, 5.74) is 1.26. The van der Waals surface area contributed by atoms with Gasteiger partial charge in [-0.25, -0.2) is 0 Å². The lowest BCUT2D eigenvalue weighted by Gasteiger charge is -2.14. The van der Waals surface area contributed by atoms with Crippen LogP contribution < -0.4 is 5.32 Å². The van der Waals surface area contributed by atoms with E-state index in [-0.39, 0.29) is 12.0 Å². The van der Waals surface area contributed by atoms with Gasteiger partial charge in [-0.05, 0) is 30.5 Å². The monoisotopic (exact) mass is 337 g/mol. The van der Waals surface area contributed by atoms with Gasteiger partial charge in [-0.3, -0.25) is 4.79 Å². The van der Waals surface area contributed by atoms with E-state index in [1.807, 2.05) is 30.3 Å². The zero-order chi connectivity index (χ0) is 15.8. The zero-order valence-corrected chi connectivity index (χ0v) is 14.1. The largest absolute Gasteiger partial charge is 0.374 e. The summed E-state index contributed by atoms with van der Waals surface area (Å²) < 4.78 is 6.14. The van der Waals surface area contributed by atoms with Crippen molar-refractivity contribution in [3.05, 3.63) is 57.2 Å². The summed E-state index contributed by atoms with van der Waals surface area (Å²) in [6, 6.07) is 14.0. The van der Waals surface area contributed by atoms with Crippen LogP contribution in [0.15, 0.2) is 42.5 Å². The molecule has 0 fully saturated rings. The number of hydrogen-bond donors (Lipinski definition) is 1. The van der Waals surface area contributed by atoms with Gasteiger partial charge >= 0.3 is 0 Å². The Balaban J connectivity index is 1.70. The van der Waals surface area contributed by atoms with Crippen LogP contribution in [0.1, 0.15) is 29.4 Å². The van der Waals surface area contributed by atoms with E-state index in [9.17, 15) is 4.79 Å². The van der Waals surface area contributed by atoms with Crippen LogP contribution in [0.5, 0.6) is 0 Å². The lowest BCUT2D eigenvalue weighted by atomic mass is 10.1. The maximum Gasteiger partial charge on any atom is 0.220 e. The Morgan fingerprint density at radius 3 is 2.68 bits per heavy atom. The minimum absolute atomic E-state index is 0.0561. The minimum atomic E-state index is -0.143. The summed E-state index contributed by atoms with van der Waals surface area (Å²) in [7, 11) is 1.64. The van der Waals surface area contributed by atoms with Gasteiger partial charge in [-0.2, -0.15) is 0 Å². The second kappa shape index (κ2) is 8.93. The second-order valence-electron chi connectivity index (χ2n) is 5.01. The normalized spacial score (nSPS) is 12.1. The van der Waals surface area contributed by atoms with E-state index in [4.69, 9.17) is 16.3 Å². The number of aryl methyl sites for hydroxylation is 1. The molecule has 22 heavy (non-hydrogen) atoms. The molecule has 2 aromatic rings. The molecule has 0 saturated carbocycles. The Morgan fingerprint density at radius 1 is 1.27 bits per heavy atom. The number of thiophene rings is 1. The van der Waals surface area contributed by atoms with Crippen molar-refractivity contribution >= 4 is 28.8 Å². The van der Waals surface area contributed by atoms with Crippen LogP contribution in [0.3, 0.4) is 0 Å². The van der Waals surface area contributed by atoms with Gasteiger partial charge in [0, 0.05) is 25.0 Å². The van der Waals surface area contributed by atoms with Crippen molar-refractivity contribution in [2.75, 3.05) is 13.7 Å². The van der Waals surface area contributed by atoms with Gasteiger partial charge < -0.3 is 10.1 Å². The molecule has 0 radical (unpaired) electrons. The fourth-order valence-electron chi connectivity index (χ4n) is 2.19. The van der Waals surface area contributed by atoms with E-state index in [0.717, 1.165) is 22.1 Å². The molecule has 1 atom stereocenters. The van der Waals surface area contributed by atoms with Crippen molar-refractivity contribution in [2.24, 2.45) is 0 Å². The predicted molar refractivity (Wildman–Crippen MR) is 91.5 cm³/mol. The molecule has 1 aromatic carbocycles. The highest BCUT2D eigenvalue weighted by Crippen LogP contribution is 2.28. The van der Waals surface area contributed by atoms with Crippen LogP contribution in [0.2, 0.25) is 4.34 Å². The molecule has 0 spiro atoms. The third-order valence-electron chi connectivity index (χ3n) is 3.39. The topological polar surface area (TPSA) is 38.3 Å². The molecule has 3 nitrogen and oxygen atoms in total. The number of halogens is 1. The Labute approximate surface area is 140 Å². The van der Waals surface area contributed by atoms with E-state index in [2.05, 4.69) is 17.4 Å². The van der Waals surface area contributed by atoms with Crippen LogP contribution >= 0.6 is 22.9 Å². The molecule has 1 N–H and O–H groups in total. The number of benzene rings is 1. The quantitative estimate of drug-likeness (QED) is 0.783. The number of carbonyl (C=O) groups excluding carboxylic acids is 1. The Kier molecular flexibility index (Phi) is 6.90. The van der Waals surface area contributed by atoms with Gasteiger partial charge in [-0.15, -0.1) is 11.3 Å². The average molecular weight is 338 g/mol. The molecule has 118 valence electrons. The Bertz CT molecular complexity index is 585. The van der Waals surface area contributed by atoms with Gasteiger partial charge in [0.15, 0.2) is 0 Å². The third-order valence-corrected chi connectivity index (χ3v) is 4.72. The van der Waals surface area contributed by atoms with Gasteiger partial charge in [0.2, 0.25) is 5.91 Å². The molecule has 0 bridgehead atoms. The number of amides is 1. The first-order valence-corrected chi connectivity index (χ1v) is 8.47. The van der Waals surface area contributed by atoms with Crippen LogP contribution in [-0.2, 0) is 16.0 Å². The first kappa shape index (κ1) is 17.0. The second-order valence-corrected chi connectivity index (χ2v) is 6.76. The van der Waals surface area contributed by atoms with E-state index < -0.39 is 0 Å². The van der Waals surface area contributed by atoms with Crippen molar-refractivity contribution in [1.29, 1.82) is 0 Å². The standard InChI is InChI=1S/C17H20ClNO2S/c1-21-14(15-10-11-16(18)22-15)12-19-17(20)9-5-8-13-6-3-2-4-7-13/h2-4,6-7,10-11,14H,5,8-9,12H2,1H3,(H,19,20). The molecule has 1 unspecified atom stereocenters. The highest BCUT2D eigenvalue weighted by Gasteiger charge is 2.14. The average Bonchev–Trinajstić information content (AvgIpc) is 2.95. The maximum absolute atomic E-state index is 11.9. The van der Waals surface area contributed by atoms with Gasteiger partial charge in [-0.1, -0.05) is 41.9 Å². The molecule has 1 aromatic heterocycles. The number of methoxy groups -OCH3 is 1. The molecular weight excluding hydrogens is 318 g/mol. The highest BCUT2D eigenvalue weighted by atomic mass is 35.5.